The van der Waals surface area contributed by atoms with E-state index in [2.05, 4.69) is 10.6 Å². The second kappa shape index (κ2) is 8.52. The van der Waals surface area contributed by atoms with Gasteiger partial charge in [0.1, 0.15) is 11.9 Å². The molecule has 26 heavy (non-hydrogen) atoms. The van der Waals surface area contributed by atoms with E-state index in [1.54, 1.807) is 39.0 Å². The van der Waals surface area contributed by atoms with Gasteiger partial charge in [-0.3, -0.25) is 9.59 Å². The molecule has 0 fully saturated rings. The molecule has 0 spiro atoms. The molecule has 1 unspecified atom stereocenters. The van der Waals surface area contributed by atoms with Crippen LogP contribution in [0.3, 0.4) is 0 Å². The number of carbonyl (C=O) groups excluding carboxylic acids is 2. The molecule has 0 saturated carbocycles. The summed E-state index contributed by atoms with van der Waals surface area (Å²) in [5, 5.41) is 5.89. The Morgan fingerprint density at radius 3 is 2.35 bits per heavy atom. The summed E-state index contributed by atoms with van der Waals surface area (Å²) in [5.41, 5.74) is 1.02. The van der Waals surface area contributed by atoms with E-state index in [0.717, 1.165) is 0 Å². The molecular formula is C19H19Cl2FN2O2. The van der Waals surface area contributed by atoms with E-state index in [1.807, 2.05) is 0 Å². The lowest BCUT2D eigenvalue weighted by Gasteiger charge is -2.22. The van der Waals surface area contributed by atoms with Crippen LogP contribution in [-0.4, -0.2) is 17.9 Å². The molecular weight excluding hydrogens is 378 g/mol. The van der Waals surface area contributed by atoms with Gasteiger partial charge >= 0.3 is 0 Å². The zero-order valence-corrected chi connectivity index (χ0v) is 16.1. The summed E-state index contributed by atoms with van der Waals surface area (Å²) in [6.45, 7) is 5.22. The Bertz CT molecular complexity index is 840. The Balaban J connectivity index is 2.15. The normalized spacial score (nSPS) is 12.0. The monoisotopic (exact) mass is 396 g/mol. The number of hydrogen-bond donors (Lipinski definition) is 2. The predicted octanol–water partition coefficient (Wildman–Crippen LogP) is 4.83. The van der Waals surface area contributed by atoms with Gasteiger partial charge in [-0.2, -0.15) is 0 Å². The fourth-order valence-corrected chi connectivity index (χ4v) is 2.81. The summed E-state index contributed by atoms with van der Waals surface area (Å²) in [4.78, 5) is 25.0. The lowest BCUT2D eigenvalue weighted by atomic mass is 10.0. The molecule has 0 radical (unpaired) electrons. The maximum absolute atomic E-state index is 13.7. The second-order valence-electron chi connectivity index (χ2n) is 6.27. The third-order valence-electron chi connectivity index (χ3n) is 3.85. The number of carbonyl (C=O) groups is 2. The van der Waals surface area contributed by atoms with E-state index in [9.17, 15) is 14.0 Å². The molecule has 0 aromatic heterocycles. The standard InChI is InChI=1S/C19H19Cl2FN2O2/c1-10(2)17(19(26)23-13-6-4-11(3)16(22)9-13)24-18(25)14-7-5-12(20)8-15(14)21/h4-10,17H,1-3H3,(H,23,26)(H,24,25). The number of anilines is 1. The largest absolute Gasteiger partial charge is 0.340 e. The number of halogens is 3. The molecule has 2 amide bonds. The van der Waals surface area contributed by atoms with Crippen molar-refractivity contribution in [2.45, 2.75) is 26.8 Å². The second-order valence-corrected chi connectivity index (χ2v) is 7.12. The van der Waals surface area contributed by atoms with Crippen molar-refractivity contribution in [3.63, 3.8) is 0 Å². The maximum atomic E-state index is 13.7. The first-order valence-corrected chi connectivity index (χ1v) is 8.77. The summed E-state index contributed by atoms with van der Waals surface area (Å²) in [6.07, 6.45) is 0. The van der Waals surface area contributed by atoms with Crippen molar-refractivity contribution in [1.29, 1.82) is 0 Å². The zero-order chi connectivity index (χ0) is 19.4. The van der Waals surface area contributed by atoms with Crippen LogP contribution >= 0.6 is 23.2 Å². The van der Waals surface area contributed by atoms with Crippen LogP contribution in [0.4, 0.5) is 10.1 Å². The van der Waals surface area contributed by atoms with Crippen LogP contribution in [0.5, 0.6) is 0 Å². The zero-order valence-electron chi connectivity index (χ0n) is 14.6. The molecule has 138 valence electrons. The summed E-state index contributed by atoms with van der Waals surface area (Å²) < 4.78 is 13.7. The first-order chi connectivity index (χ1) is 12.2. The van der Waals surface area contributed by atoms with Crippen LogP contribution in [-0.2, 0) is 4.79 Å². The number of benzene rings is 2. The van der Waals surface area contributed by atoms with Gasteiger partial charge in [0.15, 0.2) is 0 Å². The van der Waals surface area contributed by atoms with E-state index in [-0.39, 0.29) is 16.5 Å². The first-order valence-electron chi connectivity index (χ1n) is 8.02. The number of rotatable bonds is 5. The fraction of sp³-hybridized carbons (Fsp3) is 0.263. The molecule has 0 saturated heterocycles. The Morgan fingerprint density at radius 2 is 1.77 bits per heavy atom. The maximum Gasteiger partial charge on any atom is 0.253 e. The predicted molar refractivity (Wildman–Crippen MR) is 102 cm³/mol. The van der Waals surface area contributed by atoms with E-state index < -0.39 is 23.7 Å². The minimum Gasteiger partial charge on any atom is -0.340 e. The van der Waals surface area contributed by atoms with E-state index in [1.165, 1.54) is 18.2 Å². The molecule has 0 aliphatic heterocycles. The van der Waals surface area contributed by atoms with Gasteiger partial charge in [0.05, 0.1) is 10.6 Å². The van der Waals surface area contributed by atoms with Gasteiger partial charge in [-0.1, -0.05) is 43.1 Å². The van der Waals surface area contributed by atoms with Crippen LogP contribution in [0.25, 0.3) is 0 Å². The summed E-state index contributed by atoms with van der Waals surface area (Å²) in [5.74, 6) is -1.54. The molecule has 2 N–H and O–H groups in total. The Hall–Kier alpha value is -2.11. The molecule has 0 aliphatic rings. The first kappa shape index (κ1) is 20.2. The minimum atomic E-state index is -0.821. The number of hydrogen-bond acceptors (Lipinski definition) is 2. The molecule has 2 aromatic carbocycles. The van der Waals surface area contributed by atoms with Crippen LogP contribution in [0.15, 0.2) is 36.4 Å². The molecule has 0 aliphatic carbocycles. The quantitative estimate of drug-likeness (QED) is 0.759. The molecule has 2 rings (SSSR count). The summed E-state index contributed by atoms with van der Waals surface area (Å²) in [7, 11) is 0. The summed E-state index contributed by atoms with van der Waals surface area (Å²) in [6, 6.07) is 8.08. The van der Waals surface area contributed by atoms with Crippen LogP contribution < -0.4 is 10.6 Å². The van der Waals surface area contributed by atoms with Crippen molar-refractivity contribution < 1.29 is 14.0 Å². The van der Waals surface area contributed by atoms with Gasteiger partial charge in [-0.05, 0) is 48.7 Å². The third kappa shape index (κ3) is 4.96. The van der Waals surface area contributed by atoms with E-state index in [0.29, 0.717) is 16.3 Å². The third-order valence-corrected chi connectivity index (χ3v) is 4.40. The van der Waals surface area contributed by atoms with Crippen LogP contribution in [0.2, 0.25) is 10.0 Å². The van der Waals surface area contributed by atoms with Crippen molar-refractivity contribution in [3.8, 4) is 0 Å². The molecule has 1 atom stereocenters. The van der Waals surface area contributed by atoms with Gasteiger partial charge in [0, 0.05) is 10.7 Å². The van der Waals surface area contributed by atoms with Gasteiger partial charge < -0.3 is 10.6 Å². The van der Waals surface area contributed by atoms with Gasteiger partial charge in [0.25, 0.3) is 5.91 Å². The average molecular weight is 397 g/mol. The number of amides is 2. The molecule has 7 heteroatoms. The van der Waals surface area contributed by atoms with Crippen molar-refractivity contribution in [3.05, 3.63) is 63.4 Å². The highest BCUT2D eigenvalue weighted by Crippen LogP contribution is 2.21. The van der Waals surface area contributed by atoms with Crippen LogP contribution in [0, 0.1) is 18.7 Å². The van der Waals surface area contributed by atoms with Gasteiger partial charge in [-0.25, -0.2) is 4.39 Å². The highest BCUT2D eigenvalue weighted by molar-refractivity contribution is 6.36. The van der Waals surface area contributed by atoms with Crippen molar-refractivity contribution >= 4 is 40.7 Å². The average Bonchev–Trinajstić information content (AvgIpc) is 2.55. The topological polar surface area (TPSA) is 58.2 Å². The number of aryl methyl sites for hydroxylation is 1. The van der Waals surface area contributed by atoms with Crippen molar-refractivity contribution in [1.82, 2.24) is 5.32 Å². The summed E-state index contributed by atoms with van der Waals surface area (Å²) >= 11 is 11.9. The van der Waals surface area contributed by atoms with Gasteiger partial charge in [-0.15, -0.1) is 0 Å². The Labute approximate surface area is 161 Å². The highest BCUT2D eigenvalue weighted by Gasteiger charge is 2.25. The van der Waals surface area contributed by atoms with E-state index >= 15 is 0 Å². The fourth-order valence-electron chi connectivity index (χ4n) is 2.32. The minimum absolute atomic E-state index is 0.193. The lowest BCUT2D eigenvalue weighted by molar-refractivity contribution is -0.118. The van der Waals surface area contributed by atoms with Crippen molar-refractivity contribution in [2.24, 2.45) is 5.92 Å². The Kier molecular flexibility index (Phi) is 6.62. The Morgan fingerprint density at radius 1 is 1.08 bits per heavy atom. The molecule has 4 nitrogen and oxygen atoms in total. The molecule has 0 bridgehead atoms. The SMILES string of the molecule is Cc1ccc(NC(=O)C(NC(=O)c2ccc(Cl)cc2Cl)C(C)C)cc1F. The smallest absolute Gasteiger partial charge is 0.253 e. The van der Waals surface area contributed by atoms with E-state index in [4.69, 9.17) is 23.2 Å². The molecule has 0 heterocycles. The number of nitrogens with one attached hydrogen (secondary N) is 2. The van der Waals surface area contributed by atoms with Crippen LogP contribution in [0.1, 0.15) is 29.8 Å². The molecule has 2 aromatic rings. The van der Waals surface area contributed by atoms with Crippen molar-refractivity contribution in [2.75, 3.05) is 5.32 Å². The van der Waals surface area contributed by atoms with Gasteiger partial charge in [0.2, 0.25) is 5.91 Å². The highest BCUT2D eigenvalue weighted by atomic mass is 35.5. The lowest BCUT2D eigenvalue weighted by Crippen LogP contribution is -2.47.